The Labute approximate surface area is 288 Å². The molecule has 0 fully saturated rings. The van der Waals surface area contributed by atoms with Crippen molar-refractivity contribution < 1.29 is 0 Å². The lowest BCUT2D eigenvalue weighted by atomic mass is 9.78. The number of hydrogen-bond acceptors (Lipinski definition) is 2. The molecule has 50 heavy (non-hydrogen) atoms. The summed E-state index contributed by atoms with van der Waals surface area (Å²) in [6.45, 7) is 0. The van der Waals surface area contributed by atoms with Gasteiger partial charge in [0.1, 0.15) is 0 Å². The van der Waals surface area contributed by atoms with Crippen molar-refractivity contribution in [3.8, 4) is 22.9 Å². The van der Waals surface area contributed by atoms with Crippen LogP contribution in [0.2, 0.25) is 0 Å². The average Bonchev–Trinajstić information content (AvgIpc) is 3.71. The van der Waals surface area contributed by atoms with Crippen molar-refractivity contribution in [3.05, 3.63) is 175 Å². The van der Waals surface area contributed by atoms with Crippen molar-refractivity contribution in [1.29, 1.82) is 0 Å². The van der Waals surface area contributed by atoms with E-state index in [1.807, 2.05) is 12.1 Å². The molecule has 2 aliphatic rings. The second-order valence-corrected chi connectivity index (χ2v) is 13.4. The summed E-state index contributed by atoms with van der Waals surface area (Å²) in [5.74, 6) is 1.32. The van der Waals surface area contributed by atoms with Crippen molar-refractivity contribution >= 4 is 60.5 Å². The zero-order valence-corrected chi connectivity index (χ0v) is 27.1. The smallest absolute Gasteiger partial charge is 0.235 e. The van der Waals surface area contributed by atoms with Gasteiger partial charge in [0.15, 0.2) is 0 Å². The van der Waals surface area contributed by atoms with E-state index in [1.165, 1.54) is 43.7 Å². The van der Waals surface area contributed by atoms with Crippen molar-refractivity contribution in [2.24, 2.45) is 5.92 Å². The number of benzene rings is 6. The predicted octanol–water partition coefficient (Wildman–Crippen LogP) is 11.3. The Hall–Kier alpha value is -6.52. The molecule has 2 aliphatic carbocycles. The quantitative estimate of drug-likeness (QED) is 0.193. The molecule has 0 bridgehead atoms. The molecule has 0 radical (unpaired) electrons. The van der Waals surface area contributed by atoms with E-state index in [-0.39, 0.29) is 0 Å². The molecule has 0 N–H and O–H groups in total. The maximum absolute atomic E-state index is 5.28. The van der Waals surface area contributed by atoms with Crippen LogP contribution in [0.4, 0.5) is 0 Å². The zero-order chi connectivity index (χ0) is 32.8. The van der Waals surface area contributed by atoms with Crippen LogP contribution in [0.15, 0.2) is 164 Å². The fraction of sp³-hybridized carbons (Fsp3) is 0.0435. The summed E-state index contributed by atoms with van der Waals surface area (Å²) in [5.41, 5.74) is 10.1. The molecule has 234 valence electrons. The van der Waals surface area contributed by atoms with Gasteiger partial charge >= 0.3 is 0 Å². The van der Waals surface area contributed by atoms with Gasteiger partial charge in [-0.2, -0.15) is 0 Å². The summed E-state index contributed by atoms with van der Waals surface area (Å²) in [6, 6.07) is 47.6. The predicted molar refractivity (Wildman–Crippen MR) is 207 cm³/mol. The highest BCUT2D eigenvalue weighted by atomic mass is 15.2. The lowest BCUT2D eigenvalue weighted by molar-refractivity contribution is 0.694. The molecule has 0 saturated heterocycles. The van der Waals surface area contributed by atoms with Gasteiger partial charge in [0.25, 0.3) is 0 Å². The van der Waals surface area contributed by atoms with Crippen molar-refractivity contribution in [3.63, 3.8) is 0 Å². The average molecular weight is 639 g/mol. The third kappa shape index (κ3) is 3.87. The number of hydrogen-bond donors (Lipinski definition) is 0. The Balaban J connectivity index is 1.19. The first kappa shape index (κ1) is 27.4. The maximum Gasteiger partial charge on any atom is 0.235 e. The van der Waals surface area contributed by atoms with E-state index in [0.29, 0.717) is 17.8 Å². The molecule has 0 amide bonds. The summed E-state index contributed by atoms with van der Waals surface area (Å²) >= 11 is 0. The molecule has 4 nitrogen and oxygen atoms in total. The van der Waals surface area contributed by atoms with Gasteiger partial charge in [0.05, 0.1) is 33.5 Å². The van der Waals surface area contributed by atoms with Crippen LogP contribution in [0.3, 0.4) is 0 Å². The molecule has 6 aromatic carbocycles. The van der Waals surface area contributed by atoms with Gasteiger partial charge in [-0.05, 0) is 58.8 Å². The van der Waals surface area contributed by atoms with Gasteiger partial charge in [-0.1, -0.05) is 127 Å². The van der Waals surface area contributed by atoms with Crippen LogP contribution in [0, 0.1) is 5.92 Å². The normalized spacial score (nSPS) is 16.6. The first-order chi connectivity index (χ1) is 24.8. The highest BCUT2D eigenvalue weighted by Crippen LogP contribution is 2.47. The van der Waals surface area contributed by atoms with Gasteiger partial charge in [-0.3, -0.25) is 4.57 Å². The topological polar surface area (TPSA) is 35.6 Å². The number of aromatic nitrogens is 4. The summed E-state index contributed by atoms with van der Waals surface area (Å²) in [6.07, 6.45) is 13.8. The van der Waals surface area contributed by atoms with Gasteiger partial charge in [0, 0.05) is 44.6 Å². The minimum atomic E-state index is 0.295. The second-order valence-electron chi connectivity index (χ2n) is 13.4. The molecule has 3 aromatic heterocycles. The molecule has 0 aliphatic heterocycles. The second kappa shape index (κ2) is 10.5. The van der Waals surface area contributed by atoms with Crippen molar-refractivity contribution in [1.82, 2.24) is 19.1 Å². The molecular formula is C46H30N4. The molecule has 3 heterocycles. The Bertz CT molecular complexity index is 2940. The van der Waals surface area contributed by atoms with E-state index in [1.54, 1.807) is 0 Å². The number of fused-ring (bicyclic) bond motifs is 11. The van der Waals surface area contributed by atoms with E-state index in [0.717, 1.165) is 38.9 Å². The summed E-state index contributed by atoms with van der Waals surface area (Å²) in [5, 5.41) is 7.31. The van der Waals surface area contributed by atoms with E-state index < -0.39 is 0 Å². The van der Waals surface area contributed by atoms with Gasteiger partial charge in [-0.15, -0.1) is 0 Å². The minimum Gasteiger partial charge on any atom is -0.310 e. The molecule has 0 saturated carbocycles. The van der Waals surface area contributed by atoms with Crippen LogP contribution >= 0.6 is 0 Å². The Morgan fingerprint density at radius 2 is 1.26 bits per heavy atom. The SMILES string of the molecule is C1=CC2C=Cc3c(c4c5ccccc5ccc4n3-c3ccc4c(c3)c3ccccc3n4-c3nc(-c4ccccc4)c4ccccc4n3)C2C=C1. The largest absolute Gasteiger partial charge is 0.310 e. The number of nitrogens with zero attached hydrogens (tertiary/aromatic N) is 4. The zero-order valence-electron chi connectivity index (χ0n) is 27.1. The molecule has 2 unspecified atom stereocenters. The number of para-hydroxylation sites is 2. The Morgan fingerprint density at radius 3 is 2.18 bits per heavy atom. The maximum atomic E-state index is 5.28. The van der Waals surface area contributed by atoms with E-state index >= 15 is 0 Å². The van der Waals surface area contributed by atoms with Crippen molar-refractivity contribution in [2.45, 2.75) is 5.92 Å². The molecule has 11 rings (SSSR count). The number of rotatable bonds is 3. The van der Waals surface area contributed by atoms with Gasteiger partial charge < -0.3 is 4.57 Å². The monoisotopic (exact) mass is 638 g/mol. The van der Waals surface area contributed by atoms with Crippen LogP contribution in [0.25, 0.3) is 83.4 Å². The van der Waals surface area contributed by atoms with Crippen molar-refractivity contribution in [2.75, 3.05) is 0 Å². The fourth-order valence-corrected chi connectivity index (χ4v) is 8.48. The standard InChI is InChI=1S/C46H30N4/c1-2-14-31(15-3-1)45-36-19-8-10-20-38(36)47-46(48-45)50-39-21-11-9-18-35(39)37-28-32(24-27-40(37)50)49-41-25-22-29-12-4-6-16-33(29)43(41)44-34-17-7-5-13-30(34)23-26-42(44)49/h1-29,33H. The third-order valence-electron chi connectivity index (χ3n) is 10.7. The summed E-state index contributed by atoms with van der Waals surface area (Å²) < 4.78 is 4.70. The van der Waals surface area contributed by atoms with E-state index in [4.69, 9.17) is 9.97 Å². The lowest BCUT2D eigenvalue weighted by Crippen LogP contribution is -2.14. The molecule has 2 atom stereocenters. The van der Waals surface area contributed by atoms with E-state index in [2.05, 4.69) is 167 Å². The fourth-order valence-electron chi connectivity index (χ4n) is 8.48. The first-order valence-electron chi connectivity index (χ1n) is 17.3. The molecule has 4 heteroatoms. The first-order valence-corrected chi connectivity index (χ1v) is 17.3. The van der Waals surface area contributed by atoms with Gasteiger partial charge in [0.2, 0.25) is 5.95 Å². The summed E-state index contributed by atoms with van der Waals surface area (Å²) in [4.78, 5) is 10.4. The highest BCUT2D eigenvalue weighted by molar-refractivity contribution is 6.13. The Kier molecular flexibility index (Phi) is 5.75. The molecular weight excluding hydrogens is 609 g/mol. The minimum absolute atomic E-state index is 0.295. The van der Waals surface area contributed by atoms with Crippen LogP contribution in [-0.4, -0.2) is 19.1 Å². The van der Waals surface area contributed by atoms with Crippen LogP contribution in [0.1, 0.15) is 17.2 Å². The highest BCUT2D eigenvalue weighted by Gasteiger charge is 2.31. The summed E-state index contributed by atoms with van der Waals surface area (Å²) in [7, 11) is 0. The van der Waals surface area contributed by atoms with Crippen LogP contribution in [-0.2, 0) is 0 Å². The molecule has 9 aromatic rings. The lowest BCUT2D eigenvalue weighted by Gasteiger charge is -2.26. The van der Waals surface area contributed by atoms with E-state index in [9.17, 15) is 0 Å². The Morgan fingerprint density at radius 1 is 0.520 bits per heavy atom. The number of allylic oxidation sites excluding steroid dienone is 5. The third-order valence-corrected chi connectivity index (χ3v) is 10.7. The molecule has 0 spiro atoms. The van der Waals surface area contributed by atoms with Crippen LogP contribution in [0.5, 0.6) is 0 Å². The van der Waals surface area contributed by atoms with Gasteiger partial charge in [-0.25, -0.2) is 9.97 Å². The van der Waals surface area contributed by atoms with Crippen LogP contribution < -0.4 is 0 Å².